The van der Waals surface area contributed by atoms with Crippen molar-refractivity contribution in [2.45, 2.75) is 19.0 Å². The second-order valence-electron chi connectivity index (χ2n) is 7.06. The maximum absolute atomic E-state index is 12.9. The average Bonchev–Trinajstić information content (AvgIpc) is 3.37. The van der Waals surface area contributed by atoms with Crippen LogP contribution in [0, 0.1) is 0 Å². The van der Waals surface area contributed by atoms with Crippen molar-refractivity contribution >= 4 is 29.1 Å². The number of likely N-dealkylation sites (tertiary alicyclic amines) is 1. The van der Waals surface area contributed by atoms with E-state index in [-0.39, 0.29) is 11.3 Å². The number of Topliss-reactive ketones (excluding diaryl/α,β-unsaturated/α-hetero) is 1. The third-order valence-corrected chi connectivity index (χ3v) is 5.40. The lowest BCUT2D eigenvalue weighted by molar-refractivity contribution is -0.139. The van der Waals surface area contributed by atoms with Crippen molar-refractivity contribution in [2.75, 3.05) is 6.54 Å². The summed E-state index contributed by atoms with van der Waals surface area (Å²) in [7, 11) is 0. The molecule has 0 aliphatic carbocycles. The Morgan fingerprint density at radius 2 is 1.77 bits per heavy atom. The number of nitrogens with zero attached hydrogens (tertiary/aromatic N) is 3. The number of aryl methyl sites for hydroxylation is 1. The number of amides is 1. The van der Waals surface area contributed by atoms with Gasteiger partial charge >= 0.3 is 0 Å². The molecule has 2 aromatic carbocycles. The van der Waals surface area contributed by atoms with Gasteiger partial charge < -0.3 is 14.6 Å². The summed E-state index contributed by atoms with van der Waals surface area (Å²) in [6.45, 7) is 1.04. The molecule has 4 rings (SSSR count). The fraction of sp³-hybridized carbons (Fsp3) is 0.174. The van der Waals surface area contributed by atoms with Crippen molar-refractivity contribution in [1.29, 1.82) is 0 Å². The molecule has 0 saturated carbocycles. The fourth-order valence-corrected chi connectivity index (χ4v) is 3.82. The molecule has 1 N–H and O–H groups in total. The highest BCUT2D eigenvalue weighted by molar-refractivity contribution is 6.46. The number of hydrogen-bond acceptors (Lipinski definition) is 4. The van der Waals surface area contributed by atoms with Gasteiger partial charge in [0.25, 0.3) is 11.7 Å². The van der Waals surface area contributed by atoms with Crippen molar-refractivity contribution in [3.05, 3.63) is 95.0 Å². The minimum Gasteiger partial charge on any atom is -0.507 e. The first-order valence-electron chi connectivity index (χ1n) is 9.61. The molecule has 1 atom stereocenters. The molecule has 1 aliphatic heterocycles. The Morgan fingerprint density at radius 3 is 2.43 bits per heavy atom. The summed E-state index contributed by atoms with van der Waals surface area (Å²) in [5.74, 6) is -1.49. The van der Waals surface area contributed by atoms with Gasteiger partial charge in [-0.05, 0) is 36.2 Å². The summed E-state index contributed by atoms with van der Waals surface area (Å²) in [4.78, 5) is 31.3. The van der Waals surface area contributed by atoms with Crippen LogP contribution in [0.15, 0.2) is 78.9 Å². The number of aliphatic hydroxyl groups excluding tert-OH is 1. The van der Waals surface area contributed by atoms with Crippen LogP contribution in [0.4, 0.5) is 0 Å². The lowest BCUT2D eigenvalue weighted by Gasteiger charge is -2.25. The molecule has 1 aromatic heterocycles. The number of carbonyl (C=O) groups excluding carboxylic acids is 2. The van der Waals surface area contributed by atoms with Crippen molar-refractivity contribution < 1.29 is 14.7 Å². The molecular formula is C23H20ClN3O3. The van der Waals surface area contributed by atoms with Crippen LogP contribution in [0.5, 0.6) is 0 Å². The number of hydrogen-bond donors (Lipinski definition) is 1. The third-order valence-electron chi connectivity index (χ3n) is 5.15. The number of halogens is 1. The van der Waals surface area contributed by atoms with E-state index in [4.69, 9.17) is 11.6 Å². The molecule has 1 aliphatic rings. The summed E-state index contributed by atoms with van der Waals surface area (Å²) in [6, 6.07) is 15.2. The van der Waals surface area contributed by atoms with E-state index in [1.807, 2.05) is 41.1 Å². The lowest BCUT2D eigenvalue weighted by Crippen LogP contribution is -2.31. The van der Waals surface area contributed by atoms with Crippen LogP contribution in [-0.4, -0.2) is 37.8 Å². The quantitative estimate of drug-likeness (QED) is 0.370. The van der Waals surface area contributed by atoms with Crippen LogP contribution >= 0.6 is 11.6 Å². The molecule has 1 fully saturated rings. The Hall–Kier alpha value is -3.38. The molecule has 1 amide bonds. The van der Waals surface area contributed by atoms with E-state index in [9.17, 15) is 14.7 Å². The number of aliphatic hydroxyl groups is 1. The van der Waals surface area contributed by atoms with Gasteiger partial charge in [0.1, 0.15) is 5.76 Å². The van der Waals surface area contributed by atoms with E-state index in [2.05, 4.69) is 4.98 Å². The Kier molecular flexibility index (Phi) is 5.68. The normalized spacial score (nSPS) is 18.2. The Balaban J connectivity index is 1.71. The molecule has 0 spiro atoms. The van der Waals surface area contributed by atoms with Crippen molar-refractivity contribution in [3.8, 4) is 0 Å². The summed E-state index contributed by atoms with van der Waals surface area (Å²) in [6.07, 6.45) is 5.91. The zero-order valence-corrected chi connectivity index (χ0v) is 16.9. The summed E-state index contributed by atoms with van der Waals surface area (Å²) >= 11 is 5.94. The minimum absolute atomic E-state index is 0.0937. The predicted molar refractivity (Wildman–Crippen MR) is 114 cm³/mol. The van der Waals surface area contributed by atoms with E-state index in [1.165, 1.54) is 4.90 Å². The highest BCUT2D eigenvalue weighted by atomic mass is 35.5. The van der Waals surface area contributed by atoms with Gasteiger partial charge in [0.05, 0.1) is 17.9 Å². The van der Waals surface area contributed by atoms with Crippen LogP contribution in [0.25, 0.3) is 5.76 Å². The number of rotatable bonds is 6. The van der Waals surface area contributed by atoms with Gasteiger partial charge in [-0.1, -0.05) is 41.9 Å². The first-order chi connectivity index (χ1) is 14.6. The molecule has 0 radical (unpaired) electrons. The minimum atomic E-state index is -0.682. The second-order valence-corrected chi connectivity index (χ2v) is 7.50. The number of imidazole rings is 1. The second kappa shape index (κ2) is 8.55. The van der Waals surface area contributed by atoms with Crippen molar-refractivity contribution in [1.82, 2.24) is 14.5 Å². The van der Waals surface area contributed by atoms with Crippen LogP contribution in [0.3, 0.4) is 0 Å². The number of benzene rings is 2. The van der Waals surface area contributed by atoms with Gasteiger partial charge in [0.2, 0.25) is 0 Å². The van der Waals surface area contributed by atoms with Crippen LogP contribution in [-0.2, 0) is 16.1 Å². The Morgan fingerprint density at radius 1 is 1.03 bits per heavy atom. The highest BCUT2D eigenvalue weighted by Crippen LogP contribution is 2.39. The number of aromatic nitrogens is 2. The topological polar surface area (TPSA) is 75.4 Å². The summed E-state index contributed by atoms with van der Waals surface area (Å²) in [5.41, 5.74) is 1.31. The molecule has 0 unspecified atom stereocenters. The standard InChI is InChI=1S/C23H20ClN3O3/c24-18-9-7-17(8-10-18)21(28)19-20(16-5-2-1-3-6-16)27(23(30)22(19)29)13-4-12-26-14-11-25-15-26/h1-3,5-11,14-15,20,28H,4,12-13H2/t20-/m1/s1. The van der Waals surface area contributed by atoms with Crippen LogP contribution < -0.4 is 0 Å². The largest absolute Gasteiger partial charge is 0.507 e. The summed E-state index contributed by atoms with van der Waals surface area (Å²) < 4.78 is 1.92. The van der Waals surface area contributed by atoms with Crippen molar-refractivity contribution in [3.63, 3.8) is 0 Å². The van der Waals surface area contributed by atoms with E-state index < -0.39 is 17.7 Å². The molecule has 0 bridgehead atoms. The molecule has 3 aromatic rings. The van der Waals surface area contributed by atoms with E-state index in [1.54, 1.807) is 36.8 Å². The highest BCUT2D eigenvalue weighted by Gasteiger charge is 2.45. The summed E-state index contributed by atoms with van der Waals surface area (Å²) in [5, 5.41) is 11.5. The maximum Gasteiger partial charge on any atom is 0.295 e. The molecule has 30 heavy (non-hydrogen) atoms. The van der Waals surface area contributed by atoms with Gasteiger partial charge in [0, 0.05) is 36.1 Å². The maximum atomic E-state index is 12.9. The molecule has 7 heteroatoms. The van der Waals surface area contributed by atoms with Gasteiger partial charge in [-0.15, -0.1) is 0 Å². The van der Waals surface area contributed by atoms with Gasteiger partial charge in [-0.2, -0.15) is 0 Å². The molecular weight excluding hydrogens is 402 g/mol. The van der Waals surface area contributed by atoms with Crippen LogP contribution in [0.2, 0.25) is 5.02 Å². The molecule has 1 saturated heterocycles. The number of carbonyl (C=O) groups is 2. The van der Waals surface area contributed by atoms with Crippen LogP contribution in [0.1, 0.15) is 23.6 Å². The van der Waals surface area contributed by atoms with Gasteiger partial charge in [0.15, 0.2) is 0 Å². The molecule has 2 heterocycles. The zero-order valence-electron chi connectivity index (χ0n) is 16.1. The Labute approximate surface area is 179 Å². The van der Waals surface area contributed by atoms with E-state index >= 15 is 0 Å². The molecule has 6 nitrogen and oxygen atoms in total. The van der Waals surface area contributed by atoms with Crippen molar-refractivity contribution in [2.24, 2.45) is 0 Å². The number of ketones is 1. The average molecular weight is 422 g/mol. The zero-order chi connectivity index (χ0) is 21.1. The van der Waals surface area contributed by atoms with Gasteiger partial charge in [-0.3, -0.25) is 9.59 Å². The first-order valence-corrected chi connectivity index (χ1v) is 9.99. The Bertz CT molecular complexity index is 1080. The molecule has 152 valence electrons. The van der Waals surface area contributed by atoms with E-state index in [0.717, 1.165) is 5.56 Å². The van der Waals surface area contributed by atoms with E-state index in [0.29, 0.717) is 30.1 Å². The lowest BCUT2D eigenvalue weighted by atomic mass is 9.95. The smallest absolute Gasteiger partial charge is 0.295 e. The monoisotopic (exact) mass is 421 g/mol. The third kappa shape index (κ3) is 3.86. The predicted octanol–water partition coefficient (Wildman–Crippen LogP) is 4.05. The fourth-order valence-electron chi connectivity index (χ4n) is 3.70. The first kappa shape index (κ1) is 19.9. The SMILES string of the molecule is O=C1C(=O)N(CCCn2ccnc2)[C@H](c2ccccc2)C1=C(O)c1ccc(Cl)cc1. The van der Waals surface area contributed by atoms with Gasteiger partial charge in [-0.25, -0.2) is 4.98 Å².